The average Bonchev–Trinajstić information content (AvgIpc) is 3.29. The molecular weight excluding hydrogens is 368 g/mol. The lowest BCUT2D eigenvalue weighted by atomic mass is 10.1. The molecule has 2 aromatic rings. The van der Waals surface area contributed by atoms with Crippen LogP contribution in [0.2, 0.25) is 0 Å². The summed E-state index contributed by atoms with van der Waals surface area (Å²) in [5.41, 5.74) is 2.43. The minimum atomic E-state index is -3.50. The minimum absolute atomic E-state index is 0.00215. The highest BCUT2D eigenvalue weighted by Crippen LogP contribution is 2.27. The van der Waals surface area contributed by atoms with Crippen molar-refractivity contribution in [2.45, 2.75) is 31.1 Å². The zero-order chi connectivity index (χ0) is 18.3. The monoisotopic (exact) mass is 390 g/mol. The van der Waals surface area contributed by atoms with Crippen LogP contribution in [0.3, 0.4) is 0 Å². The summed E-state index contributed by atoms with van der Waals surface area (Å²) < 4.78 is 27.4. The molecule has 1 amide bonds. The van der Waals surface area contributed by atoms with Crippen molar-refractivity contribution in [2.24, 2.45) is 0 Å². The number of hydrogen-bond donors (Lipinski definition) is 0. The SMILES string of the molecule is Cc1ccc(C(=O)N2CCN(S(=O)(=O)c3ccc4c(c3)CCC4)CC2)s1. The molecule has 0 radical (unpaired) electrons. The van der Waals surface area contributed by atoms with Crippen LogP contribution in [0.25, 0.3) is 0 Å². The molecule has 26 heavy (non-hydrogen) atoms. The Morgan fingerprint density at radius 1 is 1.00 bits per heavy atom. The van der Waals surface area contributed by atoms with Crippen molar-refractivity contribution in [3.8, 4) is 0 Å². The number of benzene rings is 1. The lowest BCUT2D eigenvalue weighted by Gasteiger charge is -2.33. The number of amides is 1. The molecule has 7 heteroatoms. The number of nitrogens with zero attached hydrogens (tertiary/aromatic N) is 2. The Kier molecular flexibility index (Phi) is 4.62. The van der Waals surface area contributed by atoms with Gasteiger partial charge in [0.1, 0.15) is 0 Å². The topological polar surface area (TPSA) is 57.7 Å². The molecule has 2 aliphatic rings. The van der Waals surface area contributed by atoms with E-state index < -0.39 is 10.0 Å². The van der Waals surface area contributed by atoms with Crippen LogP contribution >= 0.6 is 11.3 Å². The van der Waals surface area contributed by atoms with Crippen molar-refractivity contribution in [2.75, 3.05) is 26.2 Å². The van der Waals surface area contributed by atoms with Crippen molar-refractivity contribution in [3.05, 3.63) is 51.2 Å². The molecule has 0 atom stereocenters. The second-order valence-electron chi connectivity index (χ2n) is 6.89. The first kappa shape index (κ1) is 17.7. The molecule has 1 aromatic carbocycles. The highest BCUT2D eigenvalue weighted by atomic mass is 32.2. The van der Waals surface area contributed by atoms with Gasteiger partial charge in [-0.3, -0.25) is 4.79 Å². The Labute approximate surface area is 158 Å². The van der Waals surface area contributed by atoms with Crippen LogP contribution in [0.15, 0.2) is 35.2 Å². The maximum atomic E-state index is 13.0. The third kappa shape index (κ3) is 3.19. The van der Waals surface area contributed by atoms with E-state index >= 15 is 0 Å². The molecule has 1 fully saturated rings. The summed E-state index contributed by atoms with van der Waals surface area (Å²) in [5.74, 6) is -0.00215. The molecule has 0 bridgehead atoms. The van der Waals surface area contributed by atoms with Crippen molar-refractivity contribution in [3.63, 3.8) is 0 Å². The number of piperazine rings is 1. The highest BCUT2D eigenvalue weighted by Gasteiger charge is 2.31. The molecule has 4 rings (SSSR count). The summed E-state index contributed by atoms with van der Waals surface area (Å²) in [6, 6.07) is 9.30. The highest BCUT2D eigenvalue weighted by molar-refractivity contribution is 7.89. The zero-order valence-corrected chi connectivity index (χ0v) is 16.4. The Morgan fingerprint density at radius 3 is 2.42 bits per heavy atom. The summed E-state index contributed by atoms with van der Waals surface area (Å²) in [7, 11) is -3.50. The number of carbonyl (C=O) groups excluding carboxylic acids is 1. The molecule has 5 nitrogen and oxygen atoms in total. The van der Waals surface area contributed by atoms with E-state index in [0.717, 1.165) is 34.6 Å². The van der Waals surface area contributed by atoms with Gasteiger partial charge in [0.25, 0.3) is 5.91 Å². The van der Waals surface area contributed by atoms with Crippen LogP contribution < -0.4 is 0 Å². The Balaban J connectivity index is 1.46. The second-order valence-corrected chi connectivity index (χ2v) is 10.1. The van der Waals surface area contributed by atoms with Crippen LogP contribution in [-0.4, -0.2) is 49.7 Å². The van der Waals surface area contributed by atoms with E-state index in [0.29, 0.717) is 31.1 Å². The van der Waals surface area contributed by atoms with Gasteiger partial charge in [-0.05, 0) is 61.6 Å². The van der Waals surface area contributed by atoms with Gasteiger partial charge in [0.05, 0.1) is 9.77 Å². The summed E-state index contributed by atoms with van der Waals surface area (Å²) in [6.45, 7) is 3.52. The summed E-state index contributed by atoms with van der Waals surface area (Å²) in [6.07, 6.45) is 3.10. The molecule has 0 N–H and O–H groups in total. The number of carbonyl (C=O) groups is 1. The zero-order valence-electron chi connectivity index (χ0n) is 14.8. The Morgan fingerprint density at radius 2 is 1.73 bits per heavy atom. The van der Waals surface area contributed by atoms with Crippen LogP contribution in [0.5, 0.6) is 0 Å². The number of aryl methyl sites for hydroxylation is 3. The van der Waals surface area contributed by atoms with Gasteiger partial charge in [-0.1, -0.05) is 6.07 Å². The van der Waals surface area contributed by atoms with Crippen LogP contribution in [0.1, 0.15) is 32.1 Å². The first-order valence-corrected chi connectivity index (χ1v) is 11.2. The van der Waals surface area contributed by atoms with Gasteiger partial charge in [-0.25, -0.2) is 8.42 Å². The van der Waals surface area contributed by atoms with E-state index in [-0.39, 0.29) is 5.91 Å². The lowest BCUT2D eigenvalue weighted by Crippen LogP contribution is -2.50. The van der Waals surface area contributed by atoms with Gasteiger partial charge in [0, 0.05) is 31.1 Å². The normalized spacial score (nSPS) is 18.1. The van der Waals surface area contributed by atoms with Gasteiger partial charge in [0.15, 0.2) is 0 Å². The third-order valence-electron chi connectivity index (χ3n) is 5.18. The molecule has 1 aromatic heterocycles. The van der Waals surface area contributed by atoms with Crippen LogP contribution in [0, 0.1) is 6.92 Å². The average molecular weight is 391 g/mol. The van der Waals surface area contributed by atoms with E-state index in [9.17, 15) is 13.2 Å². The fourth-order valence-electron chi connectivity index (χ4n) is 3.69. The fourth-order valence-corrected chi connectivity index (χ4v) is 6.00. The predicted octanol–water partition coefficient (Wildman–Crippen LogP) is 2.69. The van der Waals surface area contributed by atoms with Crippen LogP contribution in [0.4, 0.5) is 0 Å². The molecule has 1 saturated heterocycles. The Bertz CT molecular complexity index is 941. The van der Waals surface area contributed by atoms with Gasteiger partial charge in [-0.2, -0.15) is 4.31 Å². The van der Waals surface area contributed by atoms with Gasteiger partial charge >= 0.3 is 0 Å². The van der Waals surface area contributed by atoms with Crippen molar-refractivity contribution in [1.82, 2.24) is 9.21 Å². The van der Waals surface area contributed by atoms with Crippen molar-refractivity contribution >= 4 is 27.3 Å². The molecule has 1 aliphatic carbocycles. The van der Waals surface area contributed by atoms with Crippen molar-refractivity contribution in [1.29, 1.82) is 0 Å². The number of hydrogen-bond acceptors (Lipinski definition) is 4. The van der Waals surface area contributed by atoms with Gasteiger partial charge in [0.2, 0.25) is 10.0 Å². The second kappa shape index (κ2) is 6.79. The number of rotatable bonds is 3. The largest absolute Gasteiger partial charge is 0.335 e. The van der Waals surface area contributed by atoms with E-state index in [1.807, 2.05) is 31.2 Å². The fraction of sp³-hybridized carbons (Fsp3) is 0.421. The molecule has 1 aliphatic heterocycles. The van der Waals surface area contributed by atoms with E-state index in [1.54, 1.807) is 11.0 Å². The van der Waals surface area contributed by atoms with Gasteiger partial charge in [-0.15, -0.1) is 11.3 Å². The van der Waals surface area contributed by atoms with Crippen molar-refractivity contribution < 1.29 is 13.2 Å². The standard InChI is InChI=1S/C19H22N2O3S2/c1-14-5-8-18(25-14)19(22)20-9-11-21(12-10-20)26(23,24)17-7-6-15-3-2-4-16(15)13-17/h5-8,13H,2-4,9-12H2,1H3. The molecule has 138 valence electrons. The van der Waals surface area contributed by atoms with Gasteiger partial charge < -0.3 is 4.90 Å². The quantitative estimate of drug-likeness (QED) is 0.810. The smallest absolute Gasteiger partial charge is 0.264 e. The minimum Gasteiger partial charge on any atom is -0.335 e. The number of sulfonamides is 1. The van der Waals surface area contributed by atoms with Crippen LogP contribution in [-0.2, 0) is 22.9 Å². The maximum Gasteiger partial charge on any atom is 0.264 e. The predicted molar refractivity (Wildman–Crippen MR) is 102 cm³/mol. The summed E-state index contributed by atoms with van der Waals surface area (Å²) in [5, 5.41) is 0. The Hall–Kier alpha value is -1.70. The summed E-state index contributed by atoms with van der Waals surface area (Å²) in [4.78, 5) is 16.5. The number of fused-ring (bicyclic) bond motifs is 1. The molecular formula is C19H22N2O3S2. The van der Waals surface area contributed by atoms with E-state index in [1.165, 1.54) is 21.2 Å². The maximum absolute atomic E-state index is 13.0. The molecule has 0 saturated carbocycles. The first-order chi connectivity index (χ1) is 12.4. The molecule has 0 spiro atoms. The van der Waals surface area contributed by atoms with E-state index in [4.69, 9.17) is 0 Å². The molecule has 2 heterocycles. The molecule has 0 unspecified atom stereocenters. The first-order valence-electron chi connectivity index (χ1n) is 8.93. The summed E-state index contributed by atoms with van der Waals surface area (Å²) >= 11 is 1.48. The number of thiophene rings is 1. The lowest BCUT2D eigenvalue weighted by molar-refractivity contribution is 0.0703. The van der Waals surface area contributed by atoms with E-state index in [2.05, 4.69) is 0 Å². The third-order valence-corrected chi connectivity index (χ3v) is 8.07.